The fraction of sp³-hybridized carbons (Fsp3) is 0.600. The van der Waals surface area contributed by atoms with Gasteiger partial charge in [-0.3, -0.25) is 0 Å². The van der Waals surface area contributed by atoms with Crippen molar-refractivity contribution in [3.63, 3.8) is 0 Å². The summed E-state index contributed by atoms with van der Waals surface area (Å²) in [7, 11) is 0. The predicted molar refractivity (Wildman–Crippen MR) is 90.5 cm³/mol. The molecule has 4 rings (SSSR count). The van der Waals surface area contributed by atoms with Crippen molar-refractivity contribution >= 4 is 11.9 Å². The average Bonchev–Trinajstić information content (AvgIpc) is 3.30. The predicted octanol–water partition coefficient (Wildman–Crippen LogP) is 2.72. The van der Waals surface area contributed by atoms with Crippen molar-refractivity contribution in [2.24, 2.45) is 17.3 Å². The van der Waals surface area contributed by atoms with E-state index in [1.54, 1.807) is 13.0 Å². The number of allylic oxidation sites excluding steroid dienone is 1. The lowest BCUT2D eigenvalue weighted by molar-refractivity contribution is -0.169. The van der Waals surface area contributed by atoms with Gasteiger partial charge in [0.05, 0.1) is 6.61 Å². The Bertz CT molecular complexity index is 714. The van der Waals surface area contributed by atoms with Gasteiger partial charge in [0.15, 0.2) is 0 Å². The van der Waals surface area contributed by atoms with Gasteiger partial charge in [0.1, 0.15) is 17.8 Å². The number of carbonyl (C=O) groups excluding carboxylic acids is 2. The van der Waals surface area contributed by atoms with Gasteiger partial charge in [0, 0.05) is 28.4 Å². The van der Waals surface area contributed by atoms with E-state index in [0.717, 1.165) is 12.8 Å². The van der Waals surface area contributed by atoms with Gasteiger partial charge in [-0.25, -0.2) is 9.59 Å². The Kier molecular flexibility index (Phi) is 3.52. The second kappa shape index (κ2) is 5.31. The van der Waals surface area contributed by atoms with Gasteiger partial charge in [-0.15, -0.1) is 0 Å². The lowest BCUT2D eigenvalue weighted by Crippen LogP contribution is -2.58. The van der Waals surface area contributed by atoms with Crippen molar-refractivity contribution < 1.29 is 23.8 Å². The standard InChI is InChI=1S/C20H24O5/c1-5-11(2)17(21)24-14-7-9-20(10-23-20)16-15-13(6-8-19(14,16)4)12(3)18(22)25-15/h5,7,9,13-16H,3,6,8,10H2,1-2,4H3/b11-5-/t13-,14+,15+,16-,19+,20+/m0/s1. The molecule has 0 aromatic carbocycles. The molecule has 3 fully saturated rings. The normalized spacial score (nSPS) is 45.0. The van der Waals surface area contributed by atoms with Gasteiger partial charge in [-0.2, -0.15) is 0 Å². The largest absolute Gasteiger partial charge is 0.458 e. The van der Waals surface area contributed by atoms with Crippen LogP contribution in [0.1, 0.15) is 33.6 Å². The monoisotopic (exact) mass is 344 g/mol. The van der Waals surface area contributed by atoms with Crippen molar-refractivity contribution in [1.82, 2.24) is 0 Å². The van der Waals surface area contributed by atoms with Crippen LogP contribution in [0.15, 0.2) is 36.0 Å². The number of hydrogen-bond donors (Lipinski definition) is 0. The number of carbonyl (C=O) groups is 2. The summed E-state index contributed by atoms with van der Waals surface area (Å²) in [5.74, 6) is -0.606. The maximum atomic E-state index is 12.3. The van der Waals surface area contributed by atoms with Crippen LogP contribution >= 0.6 is 0 Å². The first-order valence-corrected chi connectivity index (χ1v) is 8.89. The molecular formula is C20H24O5. The SMILES string of the molecule is C=C1C(=O)O[C@@H]2[C@H]1CC[C@]1(C)[C@H](OC(=O)/C(C)=C\C)C=C[C@@]3(CO3)[C@@H]21. The molecule has 2 aliphatic carbocycles. The van der Waals surface area contributed by atoms with Gasteiger partial charge in [-0.05, 0) is 32.8 Å². The molecule has 4 aliphatic rings. The van der Waals surface area contributed by atoms with Crippen molar-refractivity contribution in [3.8, 4) is 0 Å². The maximum Gasteiger partial charge on any atom is 0.334 e. The summed E-state index contributed by atoms with van der Waals surface area (Å²) < 4.78 is 17.3. The van der Waals surface area contributed by atoms with E-state index < -0.39 is 5.60 Å². The number of hydrogen-bond acceptors (Lipinski definition) is 5. The molecule has 0 aromatic rings. The lowest BCUT2D eigenvalue weighted by atomic mass is 9.54. The minimum Gasteiger partial charge on any atom is -0.458 e. The summed E-state index contributed by atoms with van der Waals surface area (Å²) in [6, 6.07) is 0. The van der Waals surface area contributed by atoms with Gasteiger partial charge in [0.2, 0.25) is 0 Å². The number of rotatable bonds is 2. The first-order valence-electron chi connectivity index (χ1n) is 8.89. The Hall–Kier alpha value is -1.88. The van der Waals surface area contributed by atoms with E-state index in [2.05, 4.69) is 13.5 Å². The zero-order chi connectivity index (χ0) is 18.0. The Balaban J connectivity index is 1.69. The minimum absolute atomic E-state index is 0.0318. The van der Waals surface area contributed by atoms with E-state index in [1.807, 2.05) is 19.1 Å². The number of fused-ring (bicyclic) bond motifs is 4. The minimum atomic E-state index is -0.401. The van der Waals surface area contributed by atoms with Gasteiger partial charge in [-0.1, -0.05) is 25.7 Å². The van der Waals surface area contributed by atoms with E-state index in [4.69, 9.17) is 14.2 Å². The maximum absolute atomic E-state index is 12.3. The molecule has 1 saturated carbocycles. The molecule has 0 radical (unpaired) electrons. The second-order valence-corrected chi connectivity index (χ2v) is 7.92. The van der Waals surface area contributed by atoms with E-state index in [1.165, 1.54) is 0 Å². The molecule has 25 heavy (non-hydrogen) atoms. The second-order valence-electron chi connectivity index (χ2n) is 7.92. The van der Waals surface area contributed by atoms with E-state index in [9.17, 15) is 9.59 Å². The van der Waals surface area contributed by atoms with Crippen molar-refractivity contribution in [3.05, 3.63) is 36.0 Å². The quantitative estimate of drug-likeness (QED) is 0.333. The highest BCUT2D eigenvalue weighted by Gasteiger charge is 2.69. The Morgan fingerprint density at radius 3 is 2.84 bits per heavy atom. The van der Waals surface area contributed by atoms with Crippen LogP contribution in [0, 0.1) is 17.3 Å². The van der Waals surface area contributed by atoms with Crippen molar-refractivity contribution in [1.29, 1.82) is 0 Å². The zero-order valence-electron chi connectivity index (χ0n) is 14.9. The number of epoxide rings is 1. The van der Waals surface area contributed by atoms with Crippen LogP contribution in [-0.2, 0) is 23.8 Å². The highest BCUT2D eigenvalue weighted by atomic mass is 16.6. The molecule has 0 N–H and O–H groups in total. The molecule has 1 spiro atoms. The van der Waals surface area contributed by atoms with Crippen LogP contribution in [0.3, 0.4) is 0 Å². The fourth-order valence-corrected chi connectivity index (χ4v) is 4.86. The van der Waals surface area contributed by atoms with E-state index >= 15 is 0 Å². The highest BCUT2D eigenvalue weighted by Crippen LogP contribution is 2.61. The first-order chi connectivity index (χ1) is 11.8. The van der Waals surface area contributed by atoms with Crippen molar-refractivity contribution in [2.75, 3.05) is 6.61 Å². The van der Waals surface area contributed by atoms with Crippen LogP contribution in [-0.4, -0.2) is 36.4 Å². The van der Waals surface area contributed by atoms with Crippen molar-refractivity contribution in [2.45, 2.75) is 51.4 Å². The first kappa shape index (κ1) is 16.6. The van der Waals surface area contributed by atoms with Crippen LogP contribution < -0.4 is 0 Å². The molecule has 2 saturated heterocycles. The molecule has 0 amide bonds. The van der Waals surface area contributed by atoms with Crippen LogP contribution in [0.25, 0.3) is 0 Å². The molecule has 134 valence electrons. The Labute approximate surface area is 147 Å². The fourth-order valence-electron chi connectivity index (χ4n) is 4.86. The number of esters is 2. The zero-order valence-corrected chi connectivity index (χ0v) is 14.9. The Morgan fingerprint density at radius 1 is 1.48 bits per heavy atom. The summed E-state index contributed by atoms with van der Waals surface area (Å²) in [5.41, 5.74) is 0.421. The van der Waals surface area contributed by atoms with Gasteiger partial charge in [0.25, 0.3) is 0 Å². The molecule has 2 heterocycles. The van der Waals surface area contributed by atoms with E-state index in [0.29, 0.717) is 17.8 Å². The van der Waals surface area contributed by atoms with E-state index in [-0.39, 0.29) is 41.4 Å². The summed E-state index contributed by atoms with van der Waals surface area (Å²) in [5, 5.41) is 0. The molecule has 5 nitrogen and oxygen atoms in total. The summed E-state index contributed by atoms with van der Waals surface area (Å²) >= 11 is 0. The van der Waals surface area contributed by atoms with Crippen LogP contribution in [0.4, 0.5) is 0 Å². The molecule has 0 aromatic heterocycles. The summed E-state index contributed by atoms with van der Waals surface area (Å²) in [6.45, 7) is 10.2. The third kappa shape index (κ3) is 2.25. The Morgan fingerprint density at radius 2 is 2.20 bits per heavy atom. The molecule has 2 aliphatic heterocycles. The smallest absolute Gasteiger partial charge is 0.334 e. The molecule has 5 heteroatoms. The third-order valence-corrected chi connectivity index (χ3v) is 6.58. The molecule has 6 atom stereocenters. The van der Waals surface area contributed by atoms with Gasteiger partial charge >= 0.3 is 11.9 Å². The summed E-state index contributed by atoms with van der Waals surface area (Å²) in [6.07, 6.45) is 6.73. The molecule has 0 unspecified atom stereocenters. The lowest BCUT2D eigenvalue weighted by Gasteiger charge is -2.52. The third-order valence-electron chi connectivity index (χ3n) is 6.58. The van der Waals surface area contributed by atoms with Gasteiger partial charge < -0.3 is 14.2 Å². The average molecular weight is 344 g/mol. The summed E-state index contributed by atoms with van der Waals surface area (Å²) in [4.78, 5) is 24.4. The topological polar surface area (TPSA) is 65.1 Å². The molecule has 0 bridgehead atoms. The molecular weight excluding hydrogens is 320 g/mol. The van der Waals surface area contributed by atoms with Crippen LogP contribution in [0.5, 0.6) is 0 Å². The van der Waals surface area contributed by atoms with Crippen LogP contribution in [0.2, 0.25) is 0 Å². The number of ether oxygens (including phenoxy) is 3. The highest BCUT2D eigenvalue weighted by molar-refractivity contribution is 5.91.